The lowest BCUT2D eigenvalue weighted by Crippen LogP contribution is -2.64. The molecule has 0 aromatic heterocycles. The van der Waals surface area contributed by atoms with Crippen LogP contribution in [0, 0.1) is 0 Å². The first-order valence-electron chi connectivity index (χ1n) is 4.77. The molecule has 2 aliphatic rings. The standard InChI is InChI=1S/C8H17N3Si/c1-2-8-12(7-1)10-5-3-9-4-6-11-12/h1-2,9-11H,3-8H2. The van der Waals surface area contributed by atoms with Gasteiger partial charge in [-0.2, -0.15) is 0 Å². The molecule has 0 unspecified atom stereocenters. The summed E-state index contributed by atoms with van der Waals surface area (Å²) in [7, 11) is -1.25. The van der Waals surface area contributed by atoms with Gasteiger partial charge < -0.3 is 15.3 Å². The number of rotatable bonds is 0. The largest absolute Gasteiger partial charge is 0.324 e. The van der Waals surface area contributed by atoms with E-state index in [1.165, 1.54) is 12.1 Å². The number of hydrogen-bond donors (Lipinski definition) is 3. The van der Waals surface area contributed by atoms with Crippen LogP contribution in [0.3, 0.4) is 0 Å². The molecule has 0 aliphatic carbocycles. The average molecular weight is 183 g/mol. The van der Waals surface area contributed by atoms with Gasteiger partial charge in [-0.1, -0.05) is 12.2 Å². The Kier molecular flexibility index (Phi) is 2.60. The molecular weight excluding hydrogens is 166 g/mol. The van der Waals surface area contributed by atoms with Crippen molar-refractivity contribution in [3.63, 3.8) is 0 Å². The van der Waals surface area contributed by atoms with Crippen LogP contribution in [0.4, 0.5) is 0 Å². The first-order valence-corrected chi connectivity index (χ1v) is 7.19. The van der Waals surface area contributed by atoms with E-state index in [0.717, 1.165) is 26.2 Å². The number of hydrogen-bond acceptors (Lipinski definition) is 3. The van der Waals surface area contributed by atoms with Gasteiger partial charge in [-0.3, -0.25) is 0 Å². The highest BCUT2D eigenvalue weighted by Gasteiger charge is 2.33. The summed E-state index contributed by atoms with van der Waals surface area (Å²) in [5.41, 5.74) is 0. The molecule has 1 saturated heterocycles. The van der Waals surface area contributed by atoms with Gasteiger partial charge in [0.05, 0.1) is 0 Å². The minimum Gasteiger partial charge on any atom is -0.324 e. The van der Waals surface area contributed by atoms with Crippen LogP contribution in [0.1, 0.15) is 0 Å². The van der Waals surface area contributed by atoms with E-state index in [0.29, 0.717) is 0 Å². The quantitative estimate of drug-likeness (QED) is 0.359. The predicted molar refractivity (Wildman–Crippen MR) is 53.4 cm³/mol. The average Bonchev–Trinajstić information content (AvgIpc) is 2.47. The van der Waals surface area contributed by atoms with Gasteiger partial charge in [-0.05, 0) is 12.1 Å². The highest BCUT2D eigenvalue weighted by molar-refractivity contribution is 6.76. The third-order valence-electron chi connectivity index (χ3n) is 2.63. The van der Waals surface area contributed by atoms with Crippen LogP contribution < -0.4 is 15.3 Å². The second-order valence-electron chi connectivity index (χ2n) is 3.57. The van der Waals surface area contributed by atoms with Crippen LogP contribution in [0.15, 0.2) is 12.2 Å². The Bertz CT molecular complexity index is 163. The molecule has 0 amide bonds. The molecule has 3 N–H and O–H groups in total. The molecule has 4 heteroatoms. The van der Waals surface area contributed by atoms with Gasteiger partial charge in [0.25, 0.3) is 0 Å². The van der Waals surface area contributed by atoms with E-state index >= 15 is 0 Å². The second-order valence-corrected chi connectivity index (χ2v) is 7.25. The van der Waals surface area contributed by atoms with Crippen molar-refractivity contribution in [3.8, 4) is 0 Å². The van der Waals surface area contributed by atoms with E-state index in [-0.39, 0.29) is 0 Å². The SMILES string of the molecule is C1=CC[Si]2(C1)NCCNCCN2. The normalized spacial score (nSPS) is 28.7. The number of allylic oxidation sites excluding steroid dienone is 2. The molecule has 1 spiro atoms. The van der Waals surface area contributed by atoms with Crippen molar-refractivity contribution < 1.29 is 0 Å². The Hall–Kier alpha value is -0.163. The maximum atomic E-state index is 3.70. The molecule has 3 nitrogen and oxygen atoms in total. The fourth-order valence-corrected chi connectivity index (χ4v) is 5.12. The third-order valence-corrected chi connectivity index (χ3v) is 6.35. The van der Waals surface area contributed by atoms with E-state index in [9.17, 15) is 0 Å². The van der Waals surface area contributed by atoms with Crippen LogP contribution >= 0.6 is 0 Å². The summed E-state index contributed by atoms with van der Waals surface area (Å²) >= 11 is 0. The van der Waals surface area contributed by atoms with Gasteiger partial charge in [-0.25, -0.2) is 0 Å². The van der Waals surface area contributed by atoms with Crippen molar-refractivity contribution in [2.24, 2.45) is 0 Å². The zero-order valence-electron chi connectivity index (χ0n) is 7.40. The molecule has 68 valence electrons. The van der Waals surface area contributed by atoms with Crippen LogP contribution in [-0.4, -0.2) is 34.6 Å². The van der Waals surface area contributed by atoms with Gasteiger partial charge in [0.2, 0.25) is 8.40 Å². The maximum absolute atomic E-state index is 3.70. The Balaban J connectivity index is 1.93. The predicted octanol–water partition coefficient (Wildman–Crippen LogP) is -0.219. The van der Waals surface area contributed by atoms with E-state index in [1.54, 1.807) is 0 Å². The van der Waals surface area contributed by atoms with E-state index in [1.807, 2.05) is 0 Å². The number of nitrogens with one attached hydrogen (secondary N) is 3. The molecule has 12 heavy (non-hydrogen) atoms. The summed E-state index contributed by atoms with van der Waals surface area (Å²) in [5, 5.41) is 3.37. The van der Waals surface area contributed by atoms with Crippen molar-refractivity contribution in [1.82, 2.24) is 15.3 Å². The first-order chi connectivity index (χ1) is 5.91. The van der Waals surface area contributed by atoms with Crippen molar-refractivity contribution >= 4 is 8.40 Å². The summed E-state index contributed by atoms with van der Waals surface area (Å²) in [6.45, 7) is 4.49. The Morgan fingerprint density at radius 1 is 0.833 bits per heavy atom. The highest BCUT2D eigenvalue weighted by Crippen LogP contribution is 2.17. The molecule has 0 saturated carbocycles. The summed E-state index contributed by atoms with van der Waals surface area (Å²) < 4.78 is 0. The Labute approximate surface area is 74.8 Å². The minimum absolute atomic E-state index is 1.12. The van der Waals surface area contributed by atoms with E-state index in [4.69, 9.17) is 0 Å². The summed E-state index contributed by atoms with van der Waals surface area (Å²) in [6, 6.07) is 2.54. The molecule has 0 aromatic rings. The molecule has 0 bridgehead atoms. The molecule has 2 aliphatic heterocycles. The smallest absolute Gasteiger partial charge is 0.209 e. The Morgan fingerprint density at radius 3 is 2.00 bits per heavy atom. The zero-order valence-corrected chi connectivity index (χ0v) is 8.40. The van der Waals surface area contributed by atoms with Crippen molar-refractivity contribution in [2.75, 3.05) is 26.2 Å². The molecule has 2 rings (SSSR count). The van der Waals surface area contributed by atoms with Gasteiger partial charge in [0, 0.05) is 26.2 Å². The highest BCUT2D eigenvalue weighted by atomic mass is 28.3. The topological polar surface area (TPSA) is 36.1 Å². The van der Waals surface area contributed by atoms with Crippen LogP contribution in [0.2, 0.25) is 12.1 Å². The molecule has 2 heterocycles. The van der Waals surface area contributed by atoms with Crippen LogP contribution in [0.25, 0.3) is 0 Å². The summed E-state index contributed by atoms with van der Waals surface area (Å²) in [4.78, 5) is 7.40. The van der Waals surface area contributed by atoms with Gasteiger partial charge >= 0.3 is 0 Å². The van der Waals surface area contributed by atoms with Crippen LogP contribution in [-0.2, 0) is 0 Å². The van der Waals surface area contributed by atoms with Crippen molar-refractivity contribution in [2.45, 2.75) is 12.1 Å². The first kappa shape index (κ1) is 8.44. The molecule has 0 atom stereocenters. The van der Waals surface area contributed by atoms with Gasteiger partial charge in [0.15, 0.2) is 0 Å². The maximum Gasteiger partial charge on any atom is 0.209 e. The fraction of sp³-hybridized carbons (Fsp3) is 0.750. The molecule has 0 radical (unpaired) electrons. The lowest BCUT2D eigenvalue weighted by Gasteiger charge is -2.31. The minimum atomic E-state index is -1.25. The summed E-state index contributed by atoms with van der Waals surface area (Å²) in [5.74, 6) is 0. The third kappa shape index (κ3) is 1.77. The second kappa shape index (κ2) is 3.70. The fourth-order valence-electron chi connectivity index (χ4n) is 1.91. The Morgan fingerprint density at radius 2 is 1.42 bits per heavy atom. The summed E-state index contributed by atoms with van der Waals surface area (Å²) in [6.07, 6.45) is 4.64. The molecular formula is C8H17N3Si. The van der Waals surface area contributed by atoms with Crippen LogP contribution in [0.5, 0.6) is 0 Å². The van der Waals surface area contributed by atoms with Gasteiger partial charge in [-0.15, -0.1) is 0 Å². The van der Waals surface area contributed by atoms with Gasteiger partial charge in [0.1, 0.15) is 0 Å². The lowest BCUT2D eigenvalue weighted by molar-refractivity contribution is 0.622. The van der Waals surface area contributed by atoms with Crippen molar-refractivity contribution in [3.05, 3.63) is 12.2 Å². The zero-order chi connectivity index (χ0) is 8.28. The van der Waals surface area contributed by atoms with E-state index < -0.39 is 8.40 Å². The molecule has 1 fully saturated rings. The lowest BCUT2D eigenvalue weighted by atomic mass is 10.6. The monoisotopic (exact) mass is 183 g/mol. The molecule has 0 aromatic carbocycles. The van der Waals surface area contributed by atoms with E-state index in [2.05, 4.69) is 27.4 Å². The van der Waals surface area contributed by atoms with Crippen molar-refractivity contribution in [1.29, 1.82) is 0 Å².